The summed E-state index contributed by atoms with van der Waals surface area (Å²) in [4.78, 5) is 0. The molecule has 1 fully saturated rings. The van der Waals surface area contributed by atoms with Crippen molar-refractivity contribution in [3.63, 3.8) is 0 Å². The van der Waals surface area contributed by atoms with Gasteiger partial charge in [-0.2, -0.15) is 4.31 Å². The fourth-order valence-corrected chi connectivity index (χ4v) is 2.72. The molecule has 2 unspecified atom stereocenters. The Morgan fingerprint density at radius 2 is 2.10 bits per heavy atom. The average Bonchev–Trinajstić information content (AvgIpc) is 2.46. The van der Waals surface area contributed by atoms with E-state index in [1.54, 1.807) is 0 Å². The van der Waals surface area contributed by atoms with Crippen molar-refractivity contribution < 1.29 is 8.42 Å². The monoisotopic (exact) mass is 163 g/mol. The smallest absolute Gasteiger partial charge is 0.212 e. The topological polar surface area (TPSA) is 37.1 Å². The number of hydrogen-bond acceptors (Lipinski definition) is 2. The molecule has 3 nitrogen and oxygen atoms in total. The zero-order chi connectivity index (χ0) is 7.78. The Balaban J connectivity index is 2.53. The van der Waals surface area contributed by atoms with Crippen LogP contribution in [0.3, 0.4) is 0 Å². The van der Waals surface area contributed by atoms with Crippen molar-refractivity contribution in [3.05, 3.63) is 0 Å². The summed E-state index contributed by atoms with van der Waals surface area (Å²) in [5, 5.41) is 0. The highest BCUT2D eigenvalue weighted by atomic mass is 32.2. The lowest BCUT2D eigenvalue weighted by Crippen LogP contribution is -2.16. The Kier molecular flexibility index (Phi) is 2.01. The van der Waals surface area contributed by atoms with Gasteiger partial charge in [0.05, 0.1) is 5.75 Å². The second-order valence-electron chi connectivity index (χ2n) is 2.73. The summed E-state index contributed by atoms with van der Waals surface area (Å²) in [5.41, 5.74) is 0. The number of hydrogen-bond donors (Lipinski definition) is 0. The molecule has 0 amide bonds. The minimum absolute atomic E-state index is 0.261. The van der Waals surface area contributed by atoms with Crippen LogP contribution in [0, 0.1) is 0 Å². The second kappa shape index (κ2) is 2.51. The van der Waals surface area contributed by atoms with Crippen LogP contribution in [0.25, 0.3) is 0 Å². The summed E-state index contributed by atoms with van der Waals surface area (Å²) in [7, 11) is -2.85. The van der Waals surface area contributed by atoms with Crippen LogP contribution in [0.15, 0.2) is 0 Å². The normalized spacial score (nSPS) is 32.2. The van der Waals surface area contributed by atoms with Gasteiger partial charge in [0, 0.05) is 12.6 Å². The van der Waals surface area contributed by atoms with E-state index >= 15 is 0 Å². The van der Waals surface area contributed by atoms with E-state index in [2.05, 4.69) is 0 Å². The molecule has 1 aliphatic heterocycles. The lowest BCUT2D eigenvalue weighted by Gasteiger charge is -2.00. The van der Waals surface area contributed by atoms with Crippen LogP contribution in [0.5, 0.6) is 0 Å². The van der Waals surface area contributed by atoms with Crippen molar-refractivity contribution in [2.45, 2.75) is 26.3 Å². The Labute approximate surface area is 62.1 Å². The van der Waals surface area contributed by atoms with Gasteiger partial charge in [0.25, 0.3) is 0 Å². The minimum atomic E-state index is -2.85. The number of nitrogens with zero attached hydrogens (tertiary/aromatic N) is 1. The molecule has 0 N–H and O–H groups in total. The molecule has 1 rings (SSSR count). The van der Waals surface area contributed by atoms with E-state index in [4.69, 9.17) is 0 Å². The third-order valence-electron chi connectivity index (χ3n) is 1.62. The Morgan fingerprint density at radius 3 is 2.40 bits per heavy atom. The lowest BCUT2D eigenvalue weighted by molar-refractivity contribution is 0.554. The molecule has 0 bridgehead atoms. The molecule has 0 aromatic rings. The first kappa shape index (κ1) is 8.01. The van der Waals surface area contributed by atoms with Gasteiger partial charge in [-0.3, -0.25) is 0 Å². The van der Waals surface area contributed by atoms with Crippen molar-refractivity contribution in [3.8, 4) is 0 Å². The van der Waals surface area contributed by atoms with Gasteiger partial charge in [-0.25, -0.2) is 8.42 Å². The van der Waals surface area contributed by atoms with Crippen molar-refractivity contribution in [2.24, 2.45) is 0 Å². The largest absolute Gasteiger partial charge is 0.214 e. The third kappa shape index (κ3) is 1.49. The summed E-state index contributed by atoms with van der Waals surface area (Å²) in [5.74, 6) is 0.303. The fraction of sp³-hybridized carbons (Fsp3) is 1.00. The number of rotatable bonds is 3. The SMILES string of the molecule is CCCS(=O)(=O)N1CC1C. The fourth-order valence-electron chi connectivity index (χ4n) is 0.976. The summed E-state index contributed by atoms with van der Waals surface area (Å²) in [6.07, 6.45) is 0.714. The highest BCUT2D eigenvalue weighted by Crippen LogP contribution is 2.21. The van der Waals surface area contributed by atoms with E-state index < -0.39 is 10.0 Å². The summed E-state index contributed by atoms with van der Waals surface area (Å²) >= 11 is 0. The van der Waals surface area contributed by atoms with Crippen molar-refractivity contribution in [1.82, 2.24) is 4.31 Å². The zero-order valence-corrected chi connectivity index (χ0v) is 7.19. The van der Waals surface area contributed by atoms with Gasteiger partial charge in [0.2, 0.25) is 10.0 Å². The number of sulfonamides is 1. The summed E-state index contributed by atoms with van der Waals surface area (Å²) in [6.45, 7) is 4.53. The molecular weight excluding hydrogens is 150 g/mol. The molecule has 60 valence electrons. The van der Waals surface area contributed by atoms with Crippen LogP contribution in [-0.4, -0.2) is 31.1 Å². The van der Waals surface area contributed by atoms with Crippen LogP contribution in [-0.2, 0) is 10.0 Å². The van der Waals surface area contributed by atoms with Gasteiger partial charge in [0.1, 0.15) is 0 Å². The van der Waals surface area contributed by atoms with Crippen LogP contribution < -0.4 is 0 Å². The molecule has 0 saturated carbocycles. The van der Waals surface area contributed by atoms with Crippen LogP contribution >= 0.6 is 0 Å². The van der Waals surface area contributed by atoms with Crippen LogP contribution in [0.2, 0.25) is 0 Å². The zero-order valence-electron chi connectivity index (χ0n) is 6.37. The van der Waals surface area contributed by atoms with E-state index in [0.29, 0.717) is 12.2 Å². The minimum Gasteiger partial charge on any atom is -0.212 e. The predicted octanol–water partition coefficient (Wildman–Crippen LogP) is 0.430. The van der Waals surface area contributed by atoms with E-state index in [1.165, 1.54) is 4.31 Å². The predicted molar refractivity (Wildman–Crippen MR) is 40.2 cm³/mol. The van der Waals surface area contributed by atoms with E-state index in [9.17, 15) is 8.42 Å². The quantitative estimate of drug-likeness (QED) is 0.566. The molecule has 0 spiro atoms. The van der Waals surface area contributed by atoms with Crippen LogP contribution in [0.1, 0.15) is 20.3 Å². The molecular formula is C6H13NO2S. The van der Waals surface area contributed by atoms with Crippen molar-refractivity contribution in [1.29, 1.82) is 0 Å². The van der Waals surface area contributed by atoms with Crippen molar-refractivity contribution >= 4 is 10.0 Å². The molecule has 0 radical (unpaired) electrons. The van der Waals surface area contributed by atoms with E-state index in [0.717, 1.165) is 6.54 Å². The molecule has 0 aromatic heterocycles. The van der Waals surface area contributed by atoms with Crippen molar-refractivity contribution in [2.75, 3.05) is 12.3 Å². The standard InChI is InChI=1S/C6H13NO2S/c1-3-4-10(8,9)7-5-6(7)2/h6H,3-5H2,1-2H3. The average molecular weight is 163 g/mol. The maximum Gasteiger partial charge on any atom is 0.214 e. The highest BCUT2D eigenvalue weighted by Gasteiger charge is 2.39. The molecule has 1 aliphatic rings. The van der Waals surface area contributed by atoms with Gasteiger partial charge in [-0.15, -0.1) is 0 Å². The molecule has 0 aromatic carbocycles. The molecule has 1 saturated heterocycles. The Hall–Kier alpha value is -0.0900. The Morgan fingerprint density at radius 1 is 1.60 bits per heavy atom. The van der Waals surface area contributed by atoms with E-state index in [-0.39, 0.29) is 6.04 Å². The highest BCUT2D eigenvalue weighted by molar-refractivity contribution is 7.89. The van der Waals surface area contributed by atoms with Gasteiger partial charge >= 0.3 is 0 Å². The second-order valence-corrected chi connectivity index (χ2v) is 4.78. The Bertz CT molecular complexity index is 210. The first-order chi connectivity index (χ1) is 4.58. The van der Waals surface area contributed by atoms with E-state index in [1.807, 2.05) is 13.8 Å². The van der Waals surface area contributed by atoms with Gasteiger partial charge in [0.15, 0.2) is 0 Å². The van der Waals surface area contributed by atoms with Gasteiger partial charge < -0.3 is 0 Å². The maximum atomic E-state index is 11.1. The lowest BCUT2D eigenvalue weighted by atomic mass is 10.6. The molecule has 2 atom stereocenters. The first-order valence-electron chi connectivity index (χ1n) is 3.57. The first-order valence-corrected chi connectivity index (χ1v) is 5.18. The van der Waals surface area contributed by atoms with Gasteiger partial charge in [-0.1, -0.05) is 6.92 Å². The molecule has 4 heteroatoms. The van der Waals surface area contributed by atoms with Crippen LogP contribution in [0.4, 0.5) is 0 Å². The maximum absolute atomic E-state index is 11.1. The van der Waals surface area contributed by atoms with Gasteiger partial charge in [-0.05, 0) is 13.3 Å². The molecule has 10 heavy (non-hydrogen) atoms. The summed E-state index contributed by atoms with van der Waals surface area (Å²) in [6, 6.07) is 0.261. The summed E-state index contributed by atoms with van der Waals surface area (Å²) < 4.78 is 23.8. The molecule has 0 aliphatic carbocycles. The molecule has 1 heterocycles. The third-order valence-corrected chi connectivity index (χ3v) is 3.77.